The molecule has 0 atom stereocenters. The maximum absolute atomic E-state index is 11.4. The molecule has 1 aromatic carbocycles. The number of hydrogen-bond donors (Lipinski definition) is 2. The van der Waals surface area contributed by atoms with Crippen LogP contribution in [0.1, 0.15) is 17.5 Å². The Hall–Kier alpha value is -1.55. The van der Waals surface area contributed by atoms with Gasteiger partial charge in [-0.1, -0.05) is 12.1 Å². The Morgan fingerprint density at radius 1 is 1.41 bits per heavy atom. The van der Waals surface area contributed by atoms with Crippen LogP contribution in [0.4, 0.5) is 0 Å². The normalized spacial score (nSPS) is 10.1. The fourth-order valence-corrected chi connectivity index (χ4v) is 1.38. The van der Waals surface area contributed by atoms with Gasteiger partial charge in [-0.2, -0.15) is 0 Å². The third-order valence-corrected chi connectivity index (χ3v) is 2.57. The Morgan fingerprint density at radius 2 is 2.18 bits per heavy atom. The average molecular weight is 237 g/mol. The van der Waals surface area contributed by atoms with Crippen LogP contribution in [0.2, 0.25) is 0 Å². The van der Waals surface area contributed by atoms with E-state index in [0.29, 0.717) is 13.0 Å². The van der Waals surface area contributed by atoms with Crippen molar-refractivity contribution in [3.8, 4) is 5.75 Å². The van der Waals surface area contributed by atoms with Crippen LogP contribution in [0.3, 0.4) is 0 Å². The highest BCUT2D eigenvalue weighted by molar-refractivity contribution is 5.77. The number of rotatable bonds is 6. The van der Waals surface area contributed by atoms with Crippen LogP contribution in [0.5, 0.6) is 5.75 Å². The third kappa shape index (κ3) is 4.44. The summed E-state index contributed by atoms with van der Waals surface area (Å²) in [7, 11) is 0. The molecule has 0 bridgehead atoms. The van der Waals surface area contributed by atoms with Gasteiger partial charge >= 0.3 is 0 Å². The molecule has 0 aliphatic carbocycles. The van der Waals surface area contributed by atoms with E-state index in [2.05, 4.69) is 5.32 Å². The summed E-state index contributed by atoms with van der Waals surface area (Å²) >= 11 is 0. The Kier molecular flexibility index (Phi) is 5.49. The lowest BCUT2D eigenvalue weighted by molar-refractivity contribution is -0.123. The van der Waals surface area contributed by atoms with Crippen molar-refractivity contribution in [2.45, 2.75) is 20.3 Å². The minimum Gasteiger partial charge on any atom is -0.483 e. The standard InChI is InChI=1S/C13H19NO3/c1-10-5-3-6-12(11(10)2)17-9-13(16)14-7-4-8-15/h3,5-6,15H,4,7-9H2,1-2H3,(H,14,16). The van der Waals surface area contributed by atoms with Gasteiger partial charge in [-0.05, 0) is 37.5 Å². The van der Waals surface area contributed by atoms with Crippen molar-refractivity contribution in [3.05, 3.63) is 29.3 Å². The lowest BCUT2D eigenvalue weighted by Gasteiger charge is -2.10. The number of amides is 1. The molecule has 4 heteroatoms. The molecule has 0 spiro atoms. The number of nitrogens with one attached hydrogen (secondary N) is 1. The van der Waals surface area contributed by atoms with Crippen molar-refractivity contribution in [3.63, 3.8) is 0 Å². The first-order valence-corrected chi connectivity index (χ1v) is 5.71. The first-order chi connectivity index (χ1) is 8.15. The van der Waals surface area contributed by atoms with Crippen LogP contribution in [0, 0.1) is 13.8 Å². The Morgan fingerprint density at radius 3 is 2.88 bits per heavy atom. The average Bonchev–Trinajstić information content (AvgIpc) is 2.31. The second-order valence-electron chi connectivity index (χ2n) is 3.91. The minimum atomic E-state index is -0.167. The van der Waals surface area contributed by atoms with E-state index in [4.69, 9.17) is 9.84 Å². The topological polar surface area (TPSA) is 58.6 Å². The van der Waals surface area contributed by atoms with Gasteiger partial charge in [0.15, 0.2) is 6.61 Å². The van der Waals surface area contributed by atoms with E-state index in [9.17, 15) is 4.79 Å². The third-order valence-electron chi connectivity index (χ3n) is 2.57. The van der Waals surface area contributed by atoms with Crippen molar-refractivity contribution in [2.24, 2.45) is 0 Å². The minimum absolute atomic E-state index is 0.00964. The van der Waals surface area contributed by atoms with Gasteiger partial charge in [0.25, 0.3) is 5.91 Å². The Labute approximate surface area is 102 Å². The van der Waals surface area contributed by atoms with E-state index in [1.165, 1.54) is 0 Å². The fourth-order valence-electron chi connectivity index (χ4n) is 1.38. The van der Waals surface area contributed by atoms with E-state index in [-0.39, 0.29) is 19.1 Å². The van der Waals surface area contributed by atoms with Gasteiger partial charge in [0.1, 0.15) is 5.75 Å². The molecular weight excluding hydrogens is 218 g/mol. The highest BCUT2D eigenvalue weighted by atomic mass is 16.5. The van der Waals surface area contributed by atoms with Crippen molar-refractivity contribution >= 4 is 5.91 Å². The molecular formula is C13H19NO3. The van der Waals surface area contributed by atoms with E-state index in [1.54, 1.807) is 0 Å². The fraction of sp³-hybridized carbons (Fsp3) is 0.462. The lowest BCUT2D eigenvalue weighted by Crippen LogP contribution is -2.30. The molecule has 1 amide bonds. The molecule has 0 saturated carbocycles. The largest absolute Gasteiger partial charge is 0.483 e. The lowest BCUT2D eigenvalue weighted by atomic mass is 10.1. The summed E-state index contributed by atoms with van der Waals surface area (Å²) in [5.41, 5.74) is 2.19. The predicted molar refractivity (Wildman–Crippen MR) is 66.1 cm³/mol. The summed E-state index contributed by atoms with van der Waals surface area (Å²) in [6.07, 6.45) is 0.565. The van der Waals surface area contributed by atoms with Gasteiger partial charge in [0, 0.05) is 13.2 Å². The summed E-state index contributed by atoms with van der Waals surface area (Å²) < 4.78 is 5.44. The van der Waals surface area contributed by atoms with Crippen molar-refractivity contribution in [1.82, 2.24) is 5.32 Å². The molecule has 0 fully saturated rings. The molecule has 0 heterocycles. The van der Waals surface area contributed by atoms with E-state index in [0.717, 1.165) is 16.9 Å². The maximum Gasteiger partial charge on any atom is 0.257 e. The van der Waals surface area contributed by atoms with Crippen LogP contribution in [-0.2, 0) is 4.79 Å². The Bertz CT molecular complexity index is 377. The zero-order valence-electron chi connectivity index (χ0n) is 10.3. The second-order valence-corrected chi connectivity index (χ2v) is 3.91. The number of aryl methyl sites for hydroxylation is 1. The number of aliphatic hydroxyl groups is 1. The highest BCUT2D eigenvalue weighted by Gasteiger charge is 2.05. The number of carbonyl (C=O) groups is 1. The van der Waals surface area contributed by atoms with Crippen molar-refractivity contribution in [2.75, 3.05) is 19.8 Å². The van der Waals surface area contributed by atoms with Gasteiger partial charge in [0.05, 0.1) is 0 Å². The molecule has 0 saturated heterocycles. The van der Waals surface area contributed by atoms with E-state index >= 15 is 0 Å². The maximum atomic E-state index is 11.4. The van der Waals surface area contributed by atoms with Crippen LogP contribution >= 0.6 is 0 Å². The van der Waals surface area contributed by atoms with E-state index < -0.39 is 0 Å². The van der Waals surface area contributed by atoms with Gasteiger partial charge < -0.3 is 15.2 Å². The molecule has 1 rings (SSSR count). The molecule has 1 aromatic rings. The van der Waals surface area contributed by atoms with Crippen LogP contribution in [0.15, 0.2) is 18.2 Å². The molecule has 0 aliphatic heterocycles. The number of ether oxygens (including phenoxy) is 1. The monoisotopic (exact) mass is 237 g/mol. The quantitative estimate of drug-likeness (QED) is 0.730. The molecule has 0 aromatic heterocycles. The molecule has 17 heavy (non-hydrogen) atoms. The summed E-state index contributed by atoms with van der Waals surface area (Å²) in [6.45, 7) is 4.54. The van der Waals surface area contributed by atoms with Crippen molar-refractivity contribution < 1.29 is 14.6 Å². The van der Waals surface area contributed by atoms with E-state index in [1.807, 2.05) is 32.0 Å². The second kappa shape index (κ2) is 6.91. The van der Waals surface area contributed by atoms with Gasteiger partial charge in [0.2, 0.25) is 0 Å². The first-order valence-electron chi connectivity index (χ1n) is 5.71. The highest BCUT2D eigenvalue weighted by Crippen LogP contribution is 2.20. The number of aliphatic hydroxyl groups excluding tert-OH is 1. The first kappa shape index (κ1) is 13.5. The summed E-state index contributed by atoms with van der Waals surface area (Å²) in [5.74, 6) is 0.571. The Balaban J connectivity index is 2.39. The summed E-state index contributed by atoms with van der Waals surface area (Å²) in [4.78, 5) is 11.4. The van der Waals surface area contributed by atoms with Crippen LogP contribution in [0.25, 0.3) is 0 Å². The van der Waals surface area contributed by atoms with Gasteiger partial charge in [-0.25, -0.2) is 0 Å². The van der Waals surface area contributed by atoms with Gasteiger partial charge in [-0.3, -0.25) is 4.79 Å². The van der Waals surface area contributed by atoms with Crippen molar-refractivity contribution in [1.29, 1.82) is 0 Å². The molecule has 94 valence electrons. The molecule has 2 N–H and O–H groups in total. The van der Waals surface area contributed by atoms with Gasteiger partial charge in [-0.15, -0.1) is 0 Å². The summed E-state index contributed by atoms with van der Waals surface area (Å²) in [6, 6.07) is 5.76. The molecule has 0 aliphatic rings. The number of benzene rings is 1. The summed E-state index contributed by atoms with van der Waals surface area (Å²) in [5, 5.41) is 11.2. The molecule has 0 unspecified atom stereocenters. The molecule has 0 radical (unpaired) electrons. The predicted octanol–water partition coefficient (Wildman–Crippen LogP) is 1.18. The van der Waals surface area contributed by atoms with Crippen LogP contribution in [-0.4, -0.2) is 30.8 Å². The number of carbonyl (C=O) groups excluding carboxylic acids is 1. The number of hydrogen-bond acceptors (Lipinski definition) is 3. The zero-order valence-corrected chi connectivity index (χ0v) is 10.3. The smallest absolute Gasteiger partial charge is 0.257 e. The molecule has 4 nitrogen and oxygen atoms in total. The van der Waals surface area contributed by atoms with Crippen LogP contribution < -0.4 is 10.1 Å². The zero-order chi connectivity index (χ0) is 12.7. The SMILES string of the molecule is Cc1cccc(OCC(=O)NCCCO)c1C.